The van der Waals surface area contributed by atoms with E-state index in [1.165, 1.54) is 11.1 Å². The number of rotatable bonds is 2. The molecule has 1 aromatic carbocycles. The monoisotopic (exact) mass is 364 g/mol. The maximum absolute atomic E-state index is 12.7. The summed E-state index contributed by atoms with van der Waals surface area (Å²) < 4.78 is 5.65. The smallest absolute Gasteiger partial charge is 0.411 e. The molecule has 0 radical (unpaired) electrons. The fourth-order valence-electron chi connectivity index (χ4n) is 4.44. The van der Waals surface area contributed by atoms with Gasteiger partial charge in [0.1, 0.15) is 5.60 Å². The Hall–Kier alpha value is -2.28. The Morgan fingerprint density at radius 2 is 1.93 bits per heavy atom. The molecule has 1 saturated carbocycles. The molecule has 2 aliphatic heterocycles. The van der Waals surface area contributed by atoms with E-state index in [4.69, 9.17) is 4.74 Å². The molecule has 27 heavy (non-hydrogen) atoms. The van der Waals surface area contributed by atoms with Gasteiger partial charge >= 0.3 is 6.09 Å². The van der Waals surface area contributed by atoms with Crippen LogP contribution in [0, 0.1) is 11.3 Å². The Morgan fingerprint density at radius 1 is 1.22 bits per heavy atom. The van der Waals surface area contributed by atoms with Gasteiger partial charge < -0.3 is 4.74 Å². The first kappa shape index (κ1) is 18.1. The standard InChI is InChI=1S/C23H28N2O2/c1-22(2,3)27-21(26)25-19-5-4-6-20(25)14-17(13-19)16-7-9-18(10-8-16)23(15-24)11-12-23/h7-10,13,19-20H,4-6,11-12,14H2,1-3H3. The zero-order chi connectivity index (χ0) is 19.2. The minimum Gasteiger partial charge on any atom is -0.444 e. The number of nitriles is 1. The van der Waals surface area contributed by atoms with E-state index in [0.717, 1.165) is 44.1 Å². The molecule has 3 aliphatic rings. The summed E-state index contributed by atoms with van der Waals surface area (Å²) in [5.74, 6) is 0. The maximum Gasteiger partial charge on any atom is 0.411 e. The van der Waals surface area contributed by atoms with Gasteiger partial charge in [0, 0.05) is 6.04 Å². The molecule has 4 nitrogen and oxygen atoms in total. The summed E-state index contributed by atoms with van der Waals surface area (Å²) in [6, 6.07) is 11.3. The second-order valence-electron chi connectivity index (χ2n) is 9.21. The van der Waals surface area contributed by atoms with E-state index in [1.54, 1.807) is 0 Å². The van der Waals surface area contributed by atoms with Crippen molar-refractivity contribution in [2.24, 2.45) is 0 Å². The molecule has 0 aromatic heterocycles. The SMILES string of the molecule is CC(C)(C)OC(=O)N1C2C=C(c3ccc(C4(C#N)CC4)cc3)CC1CCC2. The van der Waals surface area contributed by atoms with Crippen LogP contribution < -0.4 is 0 Å². The first-order chi connectivity index (χ1) is 12.8. The molecule has 142 valence electrons. The van der Waals surface area contributed by atoms with Gasteiger partial charge in [-0.15, -0.1) is 0 Å². The fourth-order valence-corrected chi connectivity index (χ4v) is 4.44. The van der Waals surface area contributed by atoms with Crippen LogP contribution in [-0.4, -0.2) is 28.7 Å². The van der Waals surface area contributed by atoms with Crippen LogP contribution in [0.15, 0.2) is 30.3 Å². The molecule has 1 aliphatic carbocycles. The van der Waals surface area contributed by atoms with Gasteiger partial charge in [0.2, 0.25) is 0 Å². The molecule has 4 heteroatoms. The molecular weight excluding hydrogens is 336 g/mol. The summed E-state index contributed by atoms with van der Waals surface area (Å²) in [4.78, 5) is 14.7. The summed E-state index contributed by atoms with van der Waals surface area (Å²) in [5.41, 5.74) is 2.97. The zero-order valence-corrected chi connectivity index (χ0v) is 16.5. The van der Waals surface area contributed by atoms with Crippen LogP contribution in [0.3, 0.4) is 0 Å². The lowest BCUT2D eigenvalue weighted by Crippen LogP contribution is -2.53. The summed E-state index contributed by atoms with van der Waals surface area (Å²) in [5, 5.41) is 9.39. The number of carbonyl (C=O) groups excluding carboxylic acids is 1. The van der Waals surface area contributed by atoms with Gasteiger partial charge in [0.05, 0.1) is 17.5 Å². The Kier molecular flexibility index (Phi) is 4.29. The van der Waals surface area contributed by atoms with Crippen LogP contribution in [0.2, 0.25) is 0 Å². The van der Waals surface area contributed by atoms with Crippen molar-refractivity contribution >= 4 is 11.7 Å². The van der Waals surface area contributed by atoms with E-state index in [-0.39, 0.29) is 23.6 Å². The molecule has 2 heterocycles. The summed E-state index contributed by atoms with van der Waals surface area (Å²) in [7, 11) is 0. The molecule has 4 rings (SSSR count). The lowest BCUT2D eigenvalue weighted by atomic mass is 9.82. The number of fused-ring (bicyclic) bond motifs is 2. The largest absolute Gasteiger partial charge is 0.444 e. The van der Waals surface area contributed by atoms with Crippen LogP contribution in [0.25, 0.3) is 5.57 Å². The van der Waals surface area contributed by atoms with Crippen LogP contribution in [-0.2, 0) is 10.2 Å². The average Bonchev–Trinajstić information content (AvgIpc) is 3.40. The normalized spacial score (nSPS) is 26.0. The first-order valence-corrected chi connectivity index (χ1v) is 10.1. The van der Waals surface area contributed by atoms with Gasteiger partial charge in [-0.2, -0.15) is 5.26 Å². The van der Waals surface area contributed by atoms with Gasteiger partial charge in [-0.25, -0.2) is 4.79 Å². The molecule has 2 unspecified atom stereocenters. The number of ether oxygens (including phenoxy) is 1. The van der Waals surface area contributed by atoms with E-state index >= 15 is 0 Å². The number of amides is 1. The Morgan fingerprint density at radius 3 is 2.48 bits per heavy atom. The predicted octanol–water partition coefficient (Wildman–Crippen LogP) is 5.19. The Labute approximate surface area is 161 Å². The van der Waals surface area contributed by atoms with E-state index in [2.05, 4.69) is 36.4 Å². The summed E-state index contributed by atoms with van der Waals surface area (Å²) in [6.07, 6.45) is 8.07. The molecule has 2 atom stereocenters. The third-order valence-corrected chi connectivity index (χ3v) is 6.01. The molecule has 0 spiro atoms. The van der Waals surface area contributed by atoms with Gasteiger partial charge in [0.25, 0.3) is 0 Å². The first-order valence-electron chi connectivity index (χ1n) is 10.1. The molecule has 1 amide bonds. The highest BCUT2D eigenvalue weighted by Crippen LogP contribution is 2.48. The van der Waals surface area contributed by atoms with Gasteiger partial charge in [-0.1, -0.05) is 30.3 Å². The van der Waals surface area contributed by atoms with Crippen molar-refractivity contribution in [3.63, 3.8) is 0 Å². The number of hydrogen-bond donors (Lipinski definition) is 0. The molecular formula is C23H28N2O2. The molecule has 1 saturated heterocycles. The zero-order valence-electron chi connectivity index (χ0n) is 16.5. The van der Waals surface area contributed by atoms with Crippen molar-refractivity contribution in [1.82, 2.24) is 4.90 Å². The number of hydrogen-bond acceptors (Lipinski definition) is 3. The topological polar surface area (TPSA) is 53.3 Å². The van der Waals surface area contributed by atoms with Gasteiger partial charge in [0.15, 0.2) is 0 Å². The lowest BCUT2D eigenvalue weighted by Gasteiger charge is -2.45. The van der Waals surface area contributed by atoms with Crippen LogP contribution in [0.4, 0.5) is 4.79 Å². The molecule has 1 aromatic rings. The quantitative estimate of drug-likeness (QED) is 0.726. The minimum absolute atomic E-state index is 0.121. The summed E-state index contributed by atoms with van der Waals surface area (Å²) in [6.45, 7) is 5.75. The third kappa shape index (κ3) is 3.48. The highest BCUT2D eigenvalue weighted by molar-refractivity contribution is 5.75. The van der Waals surface area contributed by atoms with Crippen molar-refractivity contribution in [1.29, 1.82) is 5.26 Å². The second-order valence-corrected chi connectivity index (χ2v) is 9.21. The van der Waals surface area contributed by atoms with Crippen LogP contribution >= 0.6 is 0 Å². The highest BCUT2D eigenvalue weighted by Gasteiger charge is 2.45. The minimum atomic E-state index is -0.468. The number of carbonyl (C=O) groups is 1. The van der Waals surface area contributed by atoms with E-state index < -0.39 is 5.60 Å². The van der Waals surface area contributed by atoms with Crippen molar-refractivity contribution < 1.29 is 9.53 Å². The fraction of sp³-hybridized carbons (Fsp3) is 0.565. The highest BCUT2D eigenvalue weighted by atomic mass is 16.6. The Balaban J connectivity index is 1.56. The molecule has 0 N–H and O–H groups in total. The van der Waals surface area contributed by atoms with E-state index in [1.807, 2.05) is 25.7 Å². The average molecular weight is 364 g/mol. The lowest BCUT2D eigenvalue weighted by molar-refractivity contribution is 0.0000852. The van der Waals surface area contributed by atoms with Crippen LogP contribution in [0.5, 0.6) is 0 Å². The summed E-state index contributed by atoms with van der Waals surface area (Å²) >= 11 is 0. The number of benzene rings is 1. The second kappa shape index (κ2) is 6.41. The predicted molar refractivity (Wildman–Crippen MR) is 105 cm³/mol. The van der Waals surface area contributed by atoms with Gasteiger partial charge in [-0.3, -0.25) is 4.90 Å². The third-order valence-electron chi connectivity index (χ3n) is 6.01. The van der Waals surface area contributed by atoms with E-state index in [0.29, 0.717) is 0 Å². The molecule has 2 bridgehead atoms. The van der Waals surface area contributed by atoms with Crippen molar-refractivity contribution in [2.45, 2.75) is 82.4 Å². The maximum atomic E-state index is 12.7. The van der Waals surface area contributed by atoms with Gasteiger partial charge in [-0.05, 0) is 76.0 Å². The van der Waals surface area contributed by atoms with Crippen LogP contribution in [0.1, 0.15) is 70.4 Å². The van der Waals surface area contributed by atoms with Crippen molar-refractivity contribution in [2.75, 3.05) is 0 Å². The van der Waals surface area contributed by atoms with Crippen molar-refractivity contribution in [3.05, 3.63) is 41.5 Å². The number of piperidine rings is 1. The number of nitrogens with zero attached hydrogens (tertiary/aromatic N) is 2. The van der Waals surface area contributed by atoms with E-state index in [9.17, 15) is 10.1 Å². The Bertz CT molecular complexity index is 806. The van der Waals surface area contributed by atoms with Crippen molar-refractivity contribution in [3.8, 4) is 6.07 Å². The molecule has 2 fully saturated rings.